The summed E-state index contributed by atoms with van der Waals surface area (Å²) in [5, 5.41) is 8.03. The van der Waals surface area contributed by atoms with Gasteiger partial charge in [-0.2, -0.15) is 8.78 Å². The molecule has 4 aliphatic rings. The summed E-state index contributed by atoms with van der Waals surface area (Å²) in [6.07, 6.45) is 11.5. The first kappa shape index (κ1) is 32.5. The van der Waals surface area contributed by atoms with Gasteiger partial charge < -0.3 is 20.3 Å². The summed E-state index contributed by atoms with van der Waals surface area (Å²) < 4.78 is 37.8. The molecule has 0 aromatic heterocycles. The zero-order valence-electron chi connectivity index (χ0n) is 25.7. The SMILES string of the molecule is CCOC1CCC2(CCCCCCCCCC2)NC1C(F)(F)C(=O)NCc1ccc2c(c1)CN(C1CCC(=O)NC1=O)C2=O. The predicted octanol–water partition coefficient (Wildman–Crippen LogP) is 4.51. The molecule has 1 saturated carbocycles. The third kappa shape index (κ3) is 7.14. The van der Waals surface area contributed by atoms with E-state index in [-0.39, 0.29) is 44.4 Å². The molecule has 3 atom stereocenters. The maximum Gasteiger partial charge on any atom is 0.341 e. The number of alkyl halides is 2. The Labute approximate surface area is 258 Å². The first-order chi connectivity index (χ1) is 21.1. The zero-order chi connectivity index (χ0) is 31.3. The molecule has 0 radical (unpaired) electrons. The van der Waals surface area contributed by atoms with Gasteiger partial charge in [0.25, 0.3) is 11.8 Å². The van der Waals surface area contributed by atoms with Crippen LogP contribution in [0, 0.1) is 0 Å². The van der Waals surface area contributed by atoms with E-state index < -0.39 is 41.5 Å². The van der Waals surface area contributed by atoms with E-state index in [0.717, 1.165) is 44.9 Å². The molecule has 242 valence electrons. The molecule has 1 spiro atoms. The van der Waals surface area contributed by atoms with E-state index >= 15 is 8.78 Å². The summed E-state index contributed by atoms with van der Waals surface area (Å²) in [7, 11) is 0. The van der Waals surface area contributed by atoms with E-state index in [1.807, 2.05) is 0 Å². The lowest BCUT2D eigenvalue weighted by atomic mass is 9.76. The second-order valence-electron chi connectivity index (χ2n) is 13.0. The maximum absolute atomic E-state index is 16.0. The fraction of sp³-hybridized carbons (Fsp3) is 0.697. The Morgan fingerprint density at radius 1 is 1.02 bits per heavy atom. The quantitative estimate of drug-likeness (QED) is 0.389. The zero-order valence-corrected chi connectivity index (χ0v) is 25.7. The van der Waals surface area contributed by atoms with Gasteiger partial charge in [-0.3, -0.25) is 24.5 Å². The number of ether oxygens (including phenoxy) is 1. The molecule has 44 heavy (non-hydrogen) atoms. The van der Waals surface area contributed by atoms with Gasteiger partial charge in [-0.25, -0.2) is 0 Å². The van der Waals surface area contributed by atoms with Crippen molar-refractivity contribution in [3.05, 3.63) is 34.9 Å². The number of benzene rings is 1. The number of halogens is 2. The third-order valence-corrected chi connectivity index (χ3v) is 9.92. The molecule has 3 aliphatic heterocycles. The molecular weight excluding hydrogens is 570 g/mol. The lowest BCUT2D eigenvalue weighted by Crippen LogP contribution is -2.68. The largest absolute Gasteiger partial charge is 0.377 e. The number of amides is 4. The standard InChI is InChI=1S/C33H46F2N4O5/c1-2-44-26-15-18-32(16-9-7-5-3-4-6-8-10-17-32)38-28(26)33(34,35)31(43)36-20-22-11-12-24-23(19-22)21-39(30(24)42)25-13-14-27(40)37-29(25)41/h11-12,19,25-26,28,38H,2-10,13-18,20-21H2,1H3,(H,36,43)(H,37,40,41). The summed E-state index contributed by atoms with van der Waals surface area (Å²) in [5.41, 5.74) is 1.22. The van der Waals surface area contributed by atoms with Gasteiger partial charge in [0.15, 0.2) is 0 Å². The van der Waals surface area contributed by atoms with Crippen molar-refractivity contribution in [2.75, 3.05) is 6.61 Å². The van der Waals surface area contributed by atoms with E-state index in [2.05, 4.69) is 16.0 Å². The highest BCUT2D eigenvalue weighted by molar-refractivity contribution is 6.05. The lowest BCUT2D eigenvalue weighted by Gasteiger charge is -2.48. The third-order valence-electron chi connectivity index (χ3n) is 9.92. The van der Waals surface area contributed by atoms with Gasteiger partial charge in [0, 0.05) is 37.2 Å². The highest BCUT2D eigenvalue weighted by Gasteiger charge is 2.55. The van der Waals surface area contributed by atoms with Gasteiger partial charge in [0.1, 0.15) is 12.1 Å². The summed E-state index contributed by atoms with van der Waals surface area (Å²) in [6, 6.07) is 2.76. The topological polar surface area (TPSA) is 117 Å². The molecular formula is C33H46F2N4O5. The van der Waals surface area contributed by atoms with Crippen LogP contribution in [0.4, 0.5) is 8.78 Å². The first-order valence-corrected chi connectivity index (χ1v) is 16.5. The van der Waals surface area contributed by atoms with Gasteiger partial charge >= 0.3 is 5.92 Å². The van der Waals surface area contributed by atoms with Crippen molar-refractivity contribution in [2.45, 2.75) is 140 Å². The number of imide groups is 1. The van der Waals surface area contributed by atoms with E-state index in [0.29, 0.717) is 23.1 Å². The summed E-state index contributed by atoms with van der Waals surface area (Å²) >= 11 is 0. The second kappa shape index (κ2) is 14.0. The number of piperidine rings is 2. The Morgan fingerprint density at radius 3 is 2.36 bits per heavy atom. The van der Waals surface area contributed by atoms with Crippen LogP contribution in [-0.4, -0.2) is 64.8 Å². The Balaban J connectivity index is 1.25. The summed E-state index contributed by atoms with van der Waals surface area (Å²) in [6.45, 7) is 2.11. The molecule has 3 heterocycles. The average Bonchev–Trinajstić information content (AvgIpc) is 3.30. The van der Waals surface area contributed by atoms with Crippen molar-refractivity contribution in [1.82, 2.24) is 20.9 Å². The summed E-state index contributed by atoms with van der Waals surface area (Å²) in [4.78, 5) is 51.4. The number of carbonyl (C=O) groups is 4. The van der Waals surface area contributed by atoms with E-state index in [1.54, 1.807) is 25.1 Å². The number of rotatable bonds is 7. The monoisotopic (exact) mass is 616 g/mol. The van der Waals surface area contributed by atoms with Crippen molar-refractivity contribution in [2.24, 2.45) is 0 Å². The number of nitrogens with zero attached hydrogens (tertiary/aromatic N) is 1. The molecule has 9 nitrogen and oxygen atoms in total. The highest BCUT2D eigenvalue weighted by Crippen LogP contribution is 2.39. The van der Waals surface area contributed by atoms with Gasteiger partial charge in [-0.1, -0.05) is 63.5 Å². The fourth-order valence-corrected chi connectivity index (χ4v) is 7.48. The van der Waals surface area contributed by atoms with Crippen LogP contribution < -0.4 is 16.0 Å². The Hall–Kier alpha value is -2.92. The Kier molecular flexibility index (Phi) is 10.3. The normalized spacial score (nSPS) is 26.6. The number of hydrogen-bond donors (Lipinski definition) is 3. The van der Waals surface area contributed by atoms with Crippen LogP contribution in [0.1, 0.15) is 118 Å². The molecule has 11 heteroatoms. The van der Waals surface area contributed by atoms with Crippen molar-refractivity contribution >= 4 is 23.6 Å². The molecule has 4 amide bonds. The molecule has 1 aromatic rings. The maximum atomic E-state index is 16.0. The molecule has 1 aromatic carbocycles. The van der Waals surface area contributed by atoms with Crippen LogP contribution in [0.25, 0.3) is 0 Å². The van der Waals surface area contributed by atoms with Crippen molar-refractivity contribution in [1.29, 1.82) is 0 Å². The van der Waals surface area contributed by atoms with Crippen LogP contribution in [0.2, 0.25) is 0 Å². The Bertz CT molecular complexity index is 1230. The van der Waals surface area contributed by atoms with Gasteiger partial charge in [0.05, 0.1) is 6.10 Å². The van der Waals surface area contributed by atoms with E-state index in [1.165, 1.54) is 30.6 Å². The van der Waals surface area contributed by atoms with Crippen LogP contribution in [0.3, 0.4) is 0 Å². The van der Waals surface area contributed by atoms with E-state index in [9.17, 15) is 19.2 Å². The number of hydrogen-bond acceptors (Lipinski definition) is 6. The van der Waals surface area contributed by atoms with E-state index in [4.69, 9.17) is 4.74 Å². The number of fused-ring (bicyclic) bond motifs is 1. The highest BCUT2D eigenvalue weighted by atomic mass is 19.3. The fourth-order valence-electron chi connectivity index (χ4n) is 7.48. The first-order valence-electron chi connectivity index (χ1n) is 16.5. The Morgan fingerprint density at radius 2 is 1.70 bits per heavy atom. The lowest BCUT2D eigenvalue weighted by molar-refractivity contribution is -0.165. The minimum atomic E-state index is -3.70. The van der Waals surface area contributed by atoms with Crippen molar-refractivity contribution < 1.29 is 32.7 Å². The average molecular weight is 617 g/mol. The van der Waals surface area contributed by atoms with Crippen LogP contribution in [0.5, 0.6) is 0 Å². The molecule has 2 saturated heterocycles. The predicted molar refractivity (Wildman–Crippen MR) is 160 cm³/mol. The number of carbonyl (C=O) groups excluding carboxylic acids is 4. The smallest absolute Gasteiger partial charge is 0.341 e. The molecule has 3 fully saturated rings. The molecule has 1 aliphatic carbocycles. The van der Waals surface area contributed by atoms with Crippen LogP contribution in [-0.2, 0) is 32.2 Å². The van der Waals surface area contributed by atoms with Crippen molar-refractivity contribution in [3.63, 3.8) is 0 Å². The van der Waals surface area contributed by atoms with Crippen molar-refractivity contribution in [3.8, 4) is 0 Å². The summed E-state index contributed by atoms with van der Waals surface area (Å²) in [5.74, 6) is -6.22. The minimum Gasteiger partial charge on any atom is -0.377 e. The van der Waals surface area contributed by atoms with Crippen LogP contribution in [0.15, 0.2) is 18.2 Å². The molecule has 5 rings (SSSR count). The van der Waals surface area contributed by atoms with Gasteiger partial charge in [-0.15, -0.1) is 0 Å². The van der Waals surface area contributed by atoms with Gasteiger partial charge in [0.2, 0.25) is 11.8 Å². The minimum absolute atomic E-state index is 0.133. The molecule has 3 N–H and O–H groups in total. The molecule has 3 unspecified atom stereocenters. The van der Waals surface area contributed by atoms with Gasteiger partial charge in [-0.05, 0) is 56.2 Å². The van der Waals surface area contributed by atoms with Crippen LogP contribution >= 0.6 is 0 Å². The molecule has 0 bridgehead atoms. The number of nitrogens with one attached hydrogen (secondary N) is 3. The second-order valence-corrected chi connectivity index (χ2v) is 13.0.